The number of carbonyl (C=O) groups is 1. The molecule has 2 bridgehead atoms. The van der Waals surface area contributed by atoms with Gasteiger partial charge in [-0.2, -0.15) is 13.8 Å². The van der Waals surface area contributed by atoms with Gasteiger partial charge in [-0.1, -0.05) is 0 Å². The number of aliphatic hydroxyl groups is 1. The summed E-state index contributed by atoms with van der Waals surface area (Å²) in [6.45, 7) is 5.39. The molecular weight excluding hydrogens is 318 g/mol. The molecule has 1 aromatic rings. The predicted molar refractivity (Wildman–Crippen MR) is 82.2 cm³/mol. The Bertz CT molecular complexity index is 646. The van der Waals surface area contributed by atoms with Gasteiger partial charge in [-0.25, -0.2) is 4.79 Å². The molecule has 5 nitrogen and oxygen atoms in total. The van der Waals surface area contributed by atoms with Gasteiger partial charge in [-0.3, -0.25) is 0 Å². The Kier molecular flexibility index (Phi) is 4.02. The van der Waals surface area contributed by atoms with Crippen molar-refractivity contribution >= 4 is 6.09 Å². The van der Waals surface area contributed by atoms with Crippen LogP contribution in [0, 0.1) is 11.9 Å². The molecule has 1 aromatic heterocycles. The summed E-state index contributed by atoms with van der Waals surface area (Å²) in [5.74, 6) is -1.92. The summed E-state index contributed by atoms with van der Waals surface area (Å²) in [7, 11) is 0. The van der Waals surface area contributed by atoms with Crippen LogP contribution in [0.25, 0.3) is 0 Å². The number of rotatable bonds is 1. The lowest BCUT2D eigenvalue weighted by atomic mass is 9.81. The van der Waals surface area contributed by atoms with Gasteiger partial charge >= 0.3 is 6.09 Å². The van der Waals surface area contributed by atoms with Crippen molar-refractivity contribution in [3.8, 4) is 0 Å². The molecule has 0 saturated carbocycles. The van der Waals surface area contributed by atoms with Crippen LogP contribution in [0.2, 0.25) is 0 Å². The number of amides is 1. The predicted octanol–water partition coefficient (Wildman–Crippen LogP) is 3.11. The van der Waals surface area contributed by atoms with E-state index in [1.54, 1.807) is 25.7 Å². The minimum Gasteiger partial charge on any atom is -0.444 e. The van der Waals surface area contributed by atoms with Gasteiger partial charge in [0.1, 0.15) is 5.60 Å². The summed E-state index contributed by atoms with van der Waals surface area (Å²) in [5, 5.41) is 10.9. The maximum absolute atomic E-state index is 14.0. The maximum Gasteiger partial charge on any atom is 0.410 e. The Morgan fingerprint density at radius 1 is 1.29 bits per heavy atom. The first kappa shape index (κ1) is 17.1. The summed E-state index contributed by atoms with van der Waals surface area (Å²) in [6.07, 6.45) is 1.42. The Labute approximate surface area is 139 Å². The second-order valence-corrected chi connectivity index (χ2v) is 7.68. The molecule has 0 aliphatic carbocycles. The van der Waals surface area contributed by atoms with Gasteiger partial charge in [0.15, 0.2) is 0 Å². The number of hydrogen-bond acceptors (Lipinski definition) is 4. The van der Waals surface area contributed by atoms with Gasteiger partial charge in [0, 0.05) is 30.5 Å². The minimum atomic E-state index is -1.45. The molecule has 24 heavy (non-hydrogen) atoms. The van der Waals surface area contributed by atoms with E-state index in [1.807, 2.05) is 0 Å². The highest BCUT2D eigenvalue weighted by Crippen LogP contribution is 2.46. The molecule has 132 valence electrons. The smallest absolute Gasteiger partial charge is 0.410 e. The highest BCUT2D eigenvalue weighted by Gasteiger charge is 2.52. The van der Waals surface area contributed by atoms with Crippen molar-refractivity contribution in [1.82, 2.24) is 9.88 Å². The lowest BCUT2D eigenvalue weighted by molar-refractivity contribution is -0.0644. The van der Waals surface area contributed by atoms with Crippen LogP contribution < -0.4 is 0 Å². The third-order valence-electron chi connectivity index (χ3n) is 4.69. The van der Waals surface area contributed by atoms with Crippen molar-refractivity contribution in [2.24, 2.45) is 0 Å². The van der Waals surface area contributed by atoms with E-state index < -0.39 is 29.2 Å². The summed E-state index contributed by atoms with van der Waals surface area (Å²) in [4.78, 5) is 17.2. The van der Waals surface area contributed by atoms with Gasteiger partial charge in [0.05, 0.1) is 5.60 Å². The molecule has 3 heterocycles. The highest BCUT2D eigenvalue weighted by atomic mass is 19.1. The summed E-state index contributed by atoms with van der Waals surface area (Å²) in [5.41, 5.74) is -2.06. The standard InChI is InChI=1S/C17H22F2N2O3/c1-16(2,3)24-15(22)21-10-4-5-11(21)9-17(23,8-10)12-6-7-13(18)20-14(12)19/h6-7,10-11,23H,4-5,8-9H2,1-3H3. The Morgan fingerprint density at radius 3 is 2.38 bits per heavy atom. The molecule has 2 fully saturated rings. The van der Waals surface area contributed by atoms with E-state index >= 15 is 0 Å². The van der Waals surface area contributed by atoms with E-state index in [2.05, 4.69) is 4.98 Å². The molecule has 2 unspecified atom stereocenters. The topological polar surface area (TPSA) is 62.7 Å². The molecule has 7 heteroatoms. The third-order valence-corrected chi connectivity index (χ3v) is 4.69. The van der Waals surface area contributed by atoms with E-state index in [0.717, 1.165) is 18.9 Å². The number of halogens is 2. The quantitative estimate of drug-likeness (QED) is 0.798. The molecule has 0 spiro atoms. The molecule has 0 radical (unpaired) electrons. The first-order chi connectivity index (χ1) is 11.1. The first-order valence-corrected chi connectivity index (χ1v) is 8.15. The average Bonchev–Trinajstić information content (AvgIpc) is 2.70. The zero-order valence-electron chi connectivity index (χ0n) is 14.1. The molecule has 0 aromatic carbocycles. The maximum atomic E-state index is 14.0. The number of aromatic nitrogens is 1. The second-order valence-electron chi connectivity index (χ2n) is 7.68. The Balaban J connectivity index is 1.83. The van der Waals surface area contributed by atoms with E-state index in [0.29, 0.717) is 0 Å². The Hall–Kier alpha value is -1.76. The number of piperidine rings is 1. The van der Waals surface area contributed by atoms with Gasteiger partial charge in [-0.15, -0.1) is 0 Å². The van der Waals surface area contributed by atoms with Crippen LogP contribution in [0.5, 0.6) is 0 Å². The van der Waals surface area contributed by atoms with Gasteiger partial charge < -0.3 is 14.7 Å². The minimum absolute atomic E-state index is 0.00959. The molecule has 2 saturated heterocycles. The summed E-state index contributed by atoms with van der Waals surface area (Å²) in [6, 6.07) is 1.82. The van der Waals surface area contributed by atoms with Crippen LogP contribution in [0.1, 0.15) is 52.0 Å². The van der Waals surface area contributed by atoms with E-state index in [4.69, 9.17) is 4.74 Å². The fraction of sp³-hybridized carbons (Fsp3) is 0.647. The SMILES string of the molecule is CC(C)(C)OC(=O)N1C2CCC1CC(O)(c1ccc(F)nc1F)C2. The van der Waals surface area contributed by atoms with Crippen molar-refractivity contribution in [3.63, 3.8) is 0 Å². The van der Waals surface area contributed by atoms with Crippen LogP contribution in [0.4, 0.5) is 13.6 Å². The number of carbonyl (C=O) groups excluding carboxylic acids is 1. The summed E-state index contributed by atoms with van der Waals surface area (Å²) >= 11 is 0. The fourth-order valence-corrected chi connectivity index (χ4v) is 3.82. The first-order valence-electron chi connectivity index (χ1n) is 8.15. The van der Waals surface area contributed by atoms with E-state index in [1.165, 1.54) is 6.07 Å². The largest absolute Gasteiger partial charge is 0.444 e. The number of ether oxygens (including phenoxy) is 1. The lowest BCUT2D eigenvalue weighted by Gasteiger charge is -2.44. The van der Waals surface area contributed by atoms with E-state index in [-0.39, 0.29) is 30.5 Å². The van der Waals surface area contributed by atoms with Gasteiger partial charge in [0.2, 0.25) is 11.9 Å². The van der Waals surface area contributed by atoms with Crippen LogP contribution in [-0.2, 0) is 10.3 Å². The molecule has 2 atom stereocenters. The molecule has 3 rings (SSSR count). The van der Waals surface area contributed by atoms with Crippen molar-refractivity contribution in [1.29, 1.82) is 0 Å². The second kappa shape index (κ2) is 5.65. The molecule has 2 aliphatic heterocycles. The van der Waals surface area contributed by atoms with Crippen LogP contribution in [-0.4, -0.2) is 38.8 Å². The van der Waals surface area contributed by atoms with Crippen LogP contribution >= 0.6 is 0 Å². The van der Waals surface area contributed by atoms with Crippen molar-refractivity contribution in [2.75, 3.05) is 0 Å². The normalized spacial score (nSPS) is 29.7. The monoisotopic (exact) mass is 340 g/mol. The number of nitrogens with zero attached hydrogens (tertiary/aromatic N) is 2. The van der Waals surface area contributed by atoms with E-state index in [9.17, 15) is 18.7 Å². The highest BCUT2D eigenvalue weighted by molar-refractivity contribution is 5.69. The average molecular weight is 340 g/mol. The molecule has 1 amide bonds. The van der Waals surface area contributed by atoms with Gasteiger partial charge in [-0.05, 0) is 45.7 Å². The van der Waals surface area contributed by atoms with Crippen molar-refractivity contribution < 1.29 is 23.4 Å². The zero-order chi connectivity index (χ0) is 17.7. The Morgan fingerprint density at radius 2 is 1.88 bits per heavy atom. The number of hydrogen-bond donors (Lipinski definition) is 1. The van der Waals surface area contributed by atoms with Crippen molar-refractivity contribution in [2.45, 2.75) is 69.7 Å². The summed E-state index contributed by atoms with van der Waals surface area (Å²) < 4.78 is 32.5. The third kappa shape index (κ3) is 3.09. The van der Waals surface area contributed by atoms with Crippen LogP contribution in [0.15, 0.2) is 12.1 Å². The fourth-order valence-electron chi connectivity index (χ4n) is 3.82. The molecule has 2 aliphatic rings. The molecule has 1 N–H and O–H groups in total. The number of fused-ring (bicyclic) bond motifs is 2. The number of pyridine rings is 1. The molecular formula is C17H22F2N2O3. The van der Waals surface area contributed by atoms with Gasteiger partial charge in [0.25, 0.3) is 0 Å². The zero-order valence-corrected chi connectivity index (χ0v) is 14.1. The lowest BCUT2D eigenvalue weighted by Crippen LogP contribution is -2.53. The van der Waals surface area contributed by atoms with Crippen molar-refractivity contribution in [3.05, 3.63) is 29.6 Å². The van der Waals surface area contributed by atoms with Crippen LogP contribution in [0.3, 0.4) is 0 Å².